The molecule has 0 bridgehead atoms. The molecule has 6 heteroatoms. The second-order valence-electron chi connectivity index (χ2n) is 4.89. The fraction of sp³-hybridized carbons (Fsp3) is 0.267. The largest absolute Gasteiger partial charge is 0.377 e. The van der Waals surface area contributed by atoms with Gasteiger partial charge >= 0.3 is 0 Å². The van der Waals surface area contributed by atoms with Crippen molar-refractivity contribution in [2.75, 3.05) is 19.4 Å². The van der Waals surface area contributed by atoms with Crippen molar-refractivity contribution in [3.8, 4) is 0 Å². The van der Waals surface area contributed by atoms with Gasteiger partial charge in [0.2, 0.25) is 0 Å². The van der Waals surface area contributed by atoms with Crippen molar-refractivity contribution in [2.45, 2.75) is 13.0 Å². The van der Waals surface area contributed by atoms with Crippen LogP contribution in [0.4, 0.5) is 5.69 Å². The molecule has 0 fully saturated rings. The molecule has 0 spiro atoms. The van der Waals surface area contributed by atoms with Crippen LogP contribution < -0.4 is 5.32 Å². The summed E-state index contributed by atoms with van der Waals surface area (Å²) in [6, 6.07) is 7.36. The highest BCUT2D eigenvalue weighted by atomic mass is 79.9. The lowest BCUT2D eigenvalue weighted by Crippen LogP contribution is -2.23. The number of carbonyl (C=O) groups is 1. The van der Waals surface area contributed by atoms with E-state index in [0.717, 1.165) is 10.2 Å². The number of rotatable bonds is 4. The van der Waals surface area contributed by atoms with Gasteiger partial charge in [0, 0.05) is 34.2 Å². The van der Waals surface area contributed by atoms with Crippen molar-refractivity contribution in [2.24, 2.45) is 0 Å². The lowest BCUT2D eigenvalue weighted by atomic mass is 10.1. The van der Waals surface area contributed by atoms with Gasteiger partial charge in [0.05, 0.1) is 11.6 Å². The second kappa shape index (κ2) is 6.81. The maximum Gasteiger partial charge on any atom is 0.255 e. The molecule has 1 unspecified atom stereocenters. The van der Waals surface area contributed by atoms with Gasteiger partial charge in [-0.2, -0.15) is 0 Å². The van der Waals surface area contributed by atoms with E-state index in [1.807, 2.05) is 11.4 Å². The fourth-order valence-electron chi connectivity index (χ4n) is 1.98. The van der Waals surface area contributed by atoms with Crippen LogP contribution in [0.5, 0.6) is 0 Å². The predicted molar refractivity (Wildman–Crippen MR) is 93.5 cm³/mol. The highest BCUT2D eigenvalue weighted by molar-refractivity contribution is 9.10. The van der Waals surface area contributed by atoms with E-state index < -0.39 is 0 Å². The lowest BCUT2D eigenvalue weighted by Gasteiger charge is -2.19. The molecule has 112 valence electrons. The first-order chi connectivity index (χ1) is 9.90. The van der Waals surface area contributed by atoms with Crippen LogP contribution in [-0.4, -0.2) is 24.9 Å². The third kappa shape index (κ3) is 3.78. The highest BCUT2D eigenvalue weighted by Gasteiger charge is 2.17. The average molecular weight is 388 g/mol. The molecule has 1 amide bonds. The second-order valence-corrected chi connectivity index (χ2v) is 7.13. The van der Waals surface area contributed by atoms with Crippen LogP contribution in [0.2, 0.25) is 5.02 Å². The molecule has 21 heavy (non-hydrogen) atoms. The quantitative estimate of drug-likeness (QED) is 0.797. The standard InChI is InChI=1S/C15H16BrClN2OS/c1-9(14-12(16)6-7-21-14)18-13-8-10(17)4-5-11(13)15(20)19(2)3/h4-9,18H,1-3H3. The third-order valence-electron chi connectivity index (χ3n) is 3.03. The Morgan fingerprint density at radius 3 is 2.67 bits per heavy atom. The number of anilines is 1. The molecule has 0 aliphatic heterocycles. The fourth-order valence-corrected chi connectivity index (χ4v) is 3.87. The molecule has 1 heterocycles. The van der Waals surface area contributed by atoms with Gasteiger partial charge in [0.1, 0.15) is 0 Å². The summed E-state index contributed by atoms with van der Waals surface area (Å²) in [6.07, 6.45) is 0. The van der Waals surface area contributed by atoms with Crippen molar-refractivity contribution in [1.29, 1.82) is 0 Å². The average Bonchev–Trinajstić information content (AvgIpc) is 2.84. The van der Waals surface area contributed by atoms with Gasteiger partial charge in [-0.1, -0.05) is 11.6 Å². The zero-order valence-electron chi connectivity index (χ0n) is 12.0. The Balaban J connectivity index is 2.33. The van der Waals surface area contributed by atoms with Gasteiger partial charge in [0.15, 0.2) is 0 Å². The van der Waals surface area contributed by atoms with Crippen LogP contribution in [-0.2, 0) is 0 Å². The minimum atomic E-state index is -0.0494. The molecule has 2 aromatic rings. The monoisotopic (exact) mass is 386 g/mol. The number of benzene rings is 1. The molecule has 0 radical (unpaired) electrons. The van der Waals surface area contributed by atoms with Crippen molar-refractivity contribution in [3.63, 3.8) is 0 Å². The third-order valence-corrected chi connectivity index (χ3v) is 5.32. The summed E-state index contributed by atoms with van der Waals surface area (Å²) >= 11 is 11.3. The van der Waals surface area contributed by atoms with Gasteiger partial charge in [-0.05, 0) is 52.5 Å². The van der Waals surface area contributed by atoms with Gasteiger partial charge in [-0.3, -0.25) is 4.79 Å². The summed E-state index contributed by atoms with van der Waals surface area (Å²) in [5, 5.41) is 6.01. The SMILES string of the molecule is CC(Nc1cc(Cl)ccc1C(=O)N(C)C)c1sccc1Br. The van der Waals surface area contributed by atoms with E-state index in [9.17, 15) is 4.79 Å². The summed E-state index contributed by atoms with van der Waals surface area (Å²) < 4.78 is 1.06. The Hall–Kier alpha value is -1.04. The molecule has 1 N–H and O–H groups in total. The van der Waals surface area contributed by atoms with E-state index in [-0.39, 0.29) is 11.9 Å². The number of hydrogen-bond donors (Lipinski definition) is 1. The number of carbonyl (C=O) groups excluding carboxylic acids is 1. The van der Waals surface area contributed by atoms with Crippen LogP contribution in [0, 0.1) is 0 Å². The van der Waals surface area contributed by atoms with E-state index >= 15 is 0 Å². The molecule has 0 saturated carbocycles. The van der Waals surface area contributed by atoms with Crippen LogP contribution >= 0.6 is 38.9 Å². The molecule has 1 aromatic carbocycles. The highest BCUT2D eigenvalue weighted by Crippen LogP contribution is 2.32. The van der Waals surface area contributed by atoms with Crippen LogP contribution in [0.15, 0.2) is 34.1 Å². The Kier molecular flexibility index (Phi) is 5.30. The Morgan fingerprint density at radius 1 is 1.38 bits per heavy atom. The van der Waals surface area contributed by atoms with Crippen LogP contribution in [0.25, 0.3) is 0 Å². The maximum absolute atomic E-state index is 12.2. The van der Waals surface area contributed by atoms with Crippen molar-refractivity contribution >= 4 is 50.5 Å². The Labute approximate surface area is 142 Å². The minimum absolute atomic E-state index is 0.0494. The first-order valence-electron chi connectivity index (χ1n) is 6.40. The summed E-state index contributed by atoms with van der Waals surface area (Å²) in [5.74, 6) is -0.0494. The molecule has 0 aliphatic rings. The van der Waals surface area contributed by atoms with Crippen LogP contribution in [0.3, 0.4) is 0 Å². The summed E-state index contributed by atoms with van der Waals surface area (Å²) in [5.41, 5.74) is 1.36. The molecule has 0 aliphatic carbocycles. The van der Waals surface area contributed by atoms with E-state index in [1.54, 1.807) is 48.5 Å². The summed E-state index contributed by atoms with van der Waals surface area (Å²) in [7, 11) is 3.47. The Bertz CT molecular complexity index is 657. The van der Waals surface area contributed by atoms with Crippen molar-refractivity contribution < 1.29 is 4.79 Å². The normalized spacial score (nSPS) is 12.0. The number of nitrogens with one attached hydrogen (secondary N) is 1. The zero-order valence-corrected chi connectivity index (χ0v) is 15.1. The van der Waals surface area contributed by atoms with Gasteiger partial charge < -0.3 is 10.2 Å². The zero-order chi connectivity index (χ0) is 15.6. The molecular weight excluding hydrogens is 372 g/mol. The molecule has 2 rings (SSSR count). The number of halogens is 2. The summed E-state index contributed by atoms with van der Waals surface area (Å²) in [6.45, 7) is 2.06. The molecule has 1 aromatic heterocycles. The van der Waals surface area contributed by atoms with Gasteiger partial charge in [0.25, 0.3) is 5.91 Å². The number of nitrogens with zero attached hydrogens (tertiary/aromatic N) is 1. The van der Waals surface area contributed by atoms with Crippen LogP contribution in [0.1, 0.15) is 28.2 Å². The Morgan fingerprint density at radius 2 is 2.10 bits per heavy atom. The maximum atomic E-state index is 12.2. The van der Waals surface area contributed by atoms with Gasteiger partial charge in [-0.15, -0.1) is 11.3 Å². The minimum Gasteiger partial charge on any atom is -0.377 e. The number of thiophene rings is 1. The topological polar surface area (TPSA) is 32.3 Å². The van der Waals surface area contributed by atoms with Gasteiger partial charge in [-0.25, -0.2) is 0 Å². The molecule has 3 nitrogen and oxygen atoms in total. The van der Waals surface area contributed by atoms with Crippen molar-refractivity contribution in [3.05, 3.63) is 49.6 Å². The van der Waals surface area contributed by atoms with E-state index in [2.05, 4.69) is 28.2 Å². The first kappa shape index (κ1) is 16.3. The van der Waals surface area contributed by atoms with Crippen molar-refractivity contribution in [1.82, 2.24) is 4.90 Å². The lowest BCUT2D eigenvalue weighted by molar-refractivity contribution is 0.0828. The van der Waals surface area contributed by atoms with E-state index in [1.165, 1.54) is 4.88 Å². The number of hydrogen-bond acceptors (Lipinski definition) is 3. The van der Waals surface area contributed by atoms with E-state index in [4.69, 9.17) is 11.6 Å². The van der Waals surface area contributed by atoms with E-state index in [0.29, 0.717) is 10.6 Å². The summed E-state index contributed by atoms with van der Waals surface area (Å²) in [4.78, 5) is 15.0. The number of amides is 1. The molecular formula is C15H16BrClN2OS. The smallest absolute Gasteiger partial charge is 0.255 e. The molecule has 0 saturated heterocycles. The molecule has 1 atom stereocenters. The predicted octanol–water partition coefficient (Wildman–Crippen LogP) is 5.04. The first-order valence-corrected chi connectivity index (χ1v) is 8.46.